The molecule has 0 aliphatic carbocycles. The molecule has 0 aromatic carbocycles. The van der Waals surface area contributed by atoms with Crippen molar-refractivity contribution in [1.82, 2.24) is 4.98 Å². The topological polar surface area (TPSA) is 48.4 Å². The number of hydrogen-bond donors (Lipinski definition) is 0. The van der Waals surface area contributed by atoms with Gasteiger partial charge >= 0.3 is 12.3 Å². The van der Waals surface area contributed by atoms with Crippen LogP contribution in [-0.2, 0) is 10.1 Å². The Kier molecular flexibility index (Phi) is 5.83. The minimum Gasteiger partial charge on any atom is -0.462 e. The number of carbonyl (C=O) groups is 1. The van der Waals surface area contributed by atoms with E-state index in [2.05, 4.69) is 25.7 Å². The first-order valence-electron chi connectivity index (χ1n) is 4.96. The molecular weight excluding hydrogens is 446 g/mol. The van der Waals surface area contributed by atoms with E-state index < -0.39 is 18.2 Å². The van der Waals surface area contributed by atoms with E-state index in [9.17, 15) is 18.0 Å². The van der Waals surface area contributed by atoms with Gasteiger partial charge in [0.25, 0.3) is 0 Å². The molecule has 106 valence electrons. The van der Waals surface area contributed by atoms with E-state index in [1.807, 2.05) is 0 Å². The van der Waals surface area contributed by atoms with Crippen LogP contribution in [0.5, 0.6) is 5.88 Å². The summed E-state index contributed by atoms with van der Waals surface area (Å²) in [6, 6.07) is 0. The number of pyridine rings is 1. The maximum Gasteiger partial charge on any atom is 0.574 e. The molecule has 1 aromatic rings. The maximum atomic E-state index is 12.3. The Balaban J connectivity index is 3.30. The van der Waals surface area contributed by atoms with Crippen LogP contribution in [0.3, 0.4) is 0 Å². The van der Waals surface area contributed by atoms with Crippen molar-refractivity contribution in [1.29, 1.82) is 0 Å². The van der Waals surface area contributed by atoms with Crippen molar-refractivity contribution in [2.45, 2.75) is 18.6 Å². The molecular formula is C10H8BrF3INO3. The van der Waals surface area contributed by atoms with E-state index in [0.717, 1.165) is 0 Å². The third-order valence-corrected chi connectivity index (χ3v) is 3.73. The van der Waals surface area contributed by atoms with Gasteiger partial charge in [-0.05, 0) is 35.1 Å². The third kappa shape index (κ3) is 4.48. The second-order valence-electron chi connectivity index (χ2n) is 3.18. The Labute approximate surface area is 128 Å². The van der Waals surface area contributed by atoms with Crippen molar-refractivity contribution in [3.63, 3.8) is 0 Å². The van der Waals surface area contributed by atoms with Crippen LogP contribution in [0, 0.1) is 3.57 Å². The Bertz CT molecular complexity index is 482. The van der Waals surface area contributed by atoms with Crippen LogP contribution >= 0.6 is 38.5 Å². The molecule has 0 atom stereocenters. The molecule has 0 saturated carbocycles. The van der Waals surface area contributed by atoms with Crippen molar-refractivity contribution in [2.75, 3.05) is 6.61 Å². The summed E-state index contributed by atoms with van der Waals surface area (Å²) in [5.41, 5.74) is 0.245. The molecule has 1 rings (SSSR count). The number of carbonyl (C=O) groups excluding carboxylic acids is 1. The highest BCUT2D eigenvalue weighted by molar-refractivity contribution is 14.1. The van der Waals surface area contributed by atoms with Crippen LogP contribution in [0.25, 0.3) is 0 Å². The van der Waals surface area contributed by atoms with Crippen molar-refractivity contribution in [3.8, 4) is 5.88 Å². The zero-order chi connectivity index (χ0) is 14.6. The largest absolute Gasteiger partial charge is 0.574 e. The zero-order valence-electron chi connectivity index (χ0n) is 9.55. The SMILES string of the molecule is CCOC(=O)c1c(OC(F)(F)F)ncc(CBr)c1I. The van der Waals surface area contributed by atoms with Gasteiger partial charge in [-0.25, -0.2) is 9.78 Å². The van der Waals surface area contributed by atoms with Gasteiger partial charge < -0.3 is 9.47 Å². The van der Waals surface area contributed by atoms with E-state index in [0.29, 0.717) is 14.5 Å². The molecule has 4 nitrogen and oxygen atoms in total. The number of hydrogen-bond acceptors (Lipinski definition) is 4. The Morgan fingerprint density at radius 2 is 2.16 bits per heavy atom. The molecule has 0 saturated heterocycles. The van der Waals surface area contributed by atoms with Gasteiger partial charge in [0.15, 0.2) is 0 Å². The van der Waals surface area contributed by atoms with Crippen molar-refractivity contribution in [3.05, 3.63) is 20.9 Å². The average molecular weight is 454 g/mol. The van der Waals surface area contributed by atoms with Gasteiger partial charge in [0.1, 0.15) is 5.56 Å². The molecule has 9 heteroatoms. The summed E-state index contributed by atoms with van der Waals surface area (Å²) in [4.78, 5) is 15.2. The average Bonchev–Trinajstić information content (AvgIpc) is 2.27. The Morgan fingerprint density at radius 3 is 2.63 bits per heavy atom. The second-order valence-corrected chi connectivity index (χ2v) is 4.82. The minimum absolute atomic E-state index is 0.0406. The highest BCUT2D eigenvalue weighted by Gasteiger charge is 2.35. The predicted octanol–water partition coefficient (Wildman–Crippen LogP) is 3.66. The van der Waals surface area contributed by atoms with E-state index in [1.54, 1.807) is 29.5 Å². The van der Waals surface area contributed by atoms with Crippen LogP contribution in [0.15, 0.2) is 6.20 Å². The third-order valence-electron chi connectivity index (χ3n) is 1.89. The fourth-order valence-corrected chi connectivity index (χ4v) is 2.90. The van der Waals surface area contributed by atoms with E-state index in [1.165, 1.54) is 6.20 Å². The first-order valence-corrected chi connectivity index (χ1v) is 7.16. The number of halogens is 5. The predicted molar refractivity (Wildman–Crippen MR) is 72.2 cm³/mol. The van der Waals surface area contributed by atoms with E-state index >= 15 is 0 Å². The molecule has 0 aliphatic heterocycles. The monoisotopic (exact) mass is 453 g/mol. The van der Waals surface area contributed by atoms with Crippen LogP contribution in [0.4, 0.5) is 13.2 Å². The molecule has 0 aliphatic rings. The van der Waals surface area contributed by atoms with Crippen LogP contribution in [0.2, 0.25) is 0 Å². The van der Waals surface area contributed by atoms with Gasteiger partial charge in [0, 0.05) is 15.1 Å². The molecule has 0 N–H and O–H groups in total. The number of rotatable bonds is 4. The highest BCUT2D eigenvalue weighted by atomic mass is 127. The summed E-state index contributed by atoms with van der Waals surface area (Å²) in [6.45, 7) is 1.59. The minimum atomic E-state index is -4.92. The van der Waals surface area contributed by atoms with Gasteiger partial charge in [-0.15, -0.1) is 13.2 Å². The number of nitrogens with zero attached hydrogens (tertiary/aromatic N) is 1. The number of esters is 1. The lowest BCUT2D eigenvalue weighted by molar-refractivity contribution is -0.276. The lowest BCUT2D eigenvalue weighted by Crippen LogP contribution is -2.21. The molecule has 0 spiro atoms. The maximum absolute atomic E-state index is 12.3. The lowest BCUT2D eigenvalue weighted by Gasteiger charge is -2.14. The summed E-state index contributed by atoms with van der Waals surface area (Å²) < 4.78 is 45.5. The Hall–Kier alpha value is -0.580. The second kappa shape index (κ2) is 6.73. The van der Waals surface area contributed by atoms with Crippen molar-refractivity contribution >= 4 is 44.5 Å². The summed E-state index contributed by atoms with van der Waals surface area (Å²) >= 11 is 4.91. The van der Waals surface area contributed by atoms with Crippen LogP contribution in [0.1, 0.15) is 22.8 Å². The van der Waals surface area contributed by atoms with Gasteiger partial charge in [0.2, 0.25) is 5.88 Å². The molecule has 0 radical (unpaired) electrons. The fourth-order valence-electron chi connectivity index (χ4n) is 1.17. The van der Waals surface area contributed by atoms with Crippen LogP contribution in [-0.4, -0.2) is 23.9 Å². The van der Waals surface area contributed by atoms with E-state index in [-0.39, 0.29) is 12.2 Å². The van der Waals surface area contributed by atoms with Gasteiger partial charge in [-0.2, -0.15) is 0 Å². The normalized spacial score (nSPS) is 11.3. The first kappa shape index (κ1) is 16.5. The summed E-state index contributed by atoms with van der Waals surface area (Å²) in [7, 11) is 0. The Morgan fingerprint density at radius 1 is 1.53 bits per heavy atom. The molecule has 0 bridgehead atoms. The molecule has 1 aromatic heterocycles. The molecule has 0 fully saturated rings. The molecule has 19 heavy (non-hydrogen) atoms. The van der Waals surface area contributed by atoms with Gasteiger partial charge in [0.05, 0.1) is 6.61 Å². The quantitative estimate of drug-likeness (QED) is 0.396. The van der Waals surface area contributed by atoms with Crippen LogP contribution < -0.4 is 4.74 Å². The summed E-state index contributed by atoms with van der Waals surface area (Å²) in [5.74, 6) is -1.71. The zero-order valence-corrected chi connectivity index (χ0v) is 13.3. The lowest BCUT2D eigenvalue weighted by atomic mass is 10.2. The highest BCUT2D eigenvalue weighted by Crippen LogP contribution is 2.30. The number of ether oxygens (including phenoxy) is 2. The molecule has 1 heterocycles. The standard InChI is InChI=1S/C10H8BrF3INO3/c1-2-18-9(17)6-7(15)5(3-11)4-16-8(6)19-10(12,13)14/h4H,2-3H2,1H3. The molecule has 0 unspecified atom stereocenters. The summed E-state index contributed by atoms with van der Waals surface area (Å²) in [6.07, 6.45) is -3.71. The molecule has 0 amide bonds. The van der Waals surface area contributed by atoms with Crippen molar-refractivity contribution in [2.24, 2.45) is 0 Å². The van der Waals surface area contributed by atoms with Gasteiger partial charge in [-0.3, -0.25) is 0 Å². The summed E-state index contributed by atoms with van der Waals surface area (Å²) in [5, 5.41) is 0.344. The van der Waals surface area contributed by atoms with Crippen molar-refractivity contribution < 1.29 is 27.4 Å². The fraction of sp³-hybridized carbons (Fsp3) is 0.400. The smallest absolute Gasteiger partial charge is 0.462 e. The van der Waals surface area contributed by atoms with Gasteiger partial charge in [-0.1, -0.05) is 15.9 Å². The van der Waals surface area contributed by atoms with E-state index in [4.69, 9.17) is 4.74 Å². The number of aromatic nitrogens is 1. The first-order chi connectivity index (χ1) is 8.80. The number of alkyl halides is 4.